The van der Waals surface area contributed by atoms with Gasteiger partial charge in [0.05, 0.1) is 18.3 Å². The Bertz CT molecular complexity index is 499. The molecule has 0 spiro atoms. The molecule has 2 atom stereocenters. The first-order chi connectivity index (χ1) is 9.43. The van der Waals surface area contributed by atoms with E-state index >= 15 is 0 Å². The number of nitrogens with zero attached hydrogens (tertiary/aromatic N) is 1. The molecule has 2 rings (SSSR count). The number of carbonyl (C=O) groups excluding carboxylic acids is 1. The Morgan fingerprint density at radius 3 is 2.70 bits per heavy atom. The third-order valence-electron chi connectivity index (χ3n) is 4.02. The first kappa shape index (κ1) is 14.9. The fraction of sp³-hybridized carbons (Fsp3) is 0.562. The van der Waals surface area contributed by atoms with Gasteiger partial charge in [-0.1, -0.05) is 19.9 Å². The van der Waals surface area contributed by atoms with E-state index in [2.05, 4.69) is 18.7 Å². The van der Waals surface area contributed by atoms with Crippen molar-refractivity contribution in [2.45, 2.75) is 46.4 Å². The van der Waals surface area contributed by atoms with Crippen LogP contribution in [0.25, 0.3) is 0 Å². The van der Waals surface area contributed by atoms with Gasteiger partial charge < -0.3 is 15.4 Å². The van der Waals surface area contributed by atoms with E-state index in [4.69, 9.17) is 10.5 Å². The van der Waals surface area contributed by atoms with Crippen molar-refractivity contribution in [1.82, 2.24) is 0 Å². The van der Waals surface area contributed by atoms with Gasteiger partial charge >= 0.3 is 0 Å². The van der Waals surface area contributed by atoms with E-state index in [1.807, 2.05) is 25.1 Å². The molecule has 110 valence electrons. The highest BCUT2D eigenvalue weighted by molar-refractivity contribution is 5.85. The SMILES string of the molecule is CC(=O)C(C)N1CC(C(C)C)Oc2cc(CN)ccc21. The fourth-order valence-electron chi connectivity index (χ4n) is 2.44. The molecule has 4 nitrogen and oxygen atoms in total. The van der Waals surface area contributed by atoms with Gasteiger partial charge in [-0.15, -0.1) is 0 Å². The molecule has 0 aromatic heterocycles. The van der Waals surface area contributed by atoms with Gasteiger partial charge in [0.15, 0.2) is 5.78 Å². The summed E-state index contributed by atoms with van der Waals surface area (Å²) in [6.45, 7) is 9.10. The number of fused-ring (bicyclic) bond motifs is 1. The van der Waals surface area contributed by atoms with Gasteiger partial charge in [-0.2, -0.15) is 0 Å². The molecule has 0 radical (unpaired) electrons. The average molecular weight is 276 g/mol. The van der Waals surface area contributed by atoms with Gasteiger partial charge in [-0.05, 0) is 37.5 Å². The van der Waals surface area contributed by atoms with E-state index in [0.717, 1.165) is 23.5 Å². The molecule has 1 heterocycles. The number of anilines is 1. The molecular weight excluding hydrogens is 252 g/mol. The number of hydrogen-bond acceptors (Lipinski definition) is 4. The molecule has 0 amide bonds. The summed E-state index contributed by atoms with van der Waals surface area (Å²) >= 11 is 0. The van der Waals surface area contributed by atoms with Gasteiger partial charge in [0, 0.05) is 6.54 Å². The summed E-state index contributed by atoms with van der Waals surface area (Å²) in [4.78, 5) is 13.9. The van der Waals surface area contributed by atoms with E-state index in [9.17, 15) is 4.79 Å². The number of rotatable bonds is 4. The quantitative estimate of drug-likeness (QED) is 0.917. The lowest BCUT2D eigenvalue weighted by molar-refractivity contribution is -0.118. The summed E-state index contributed by atoms with van der Waals surface area (Å²) in [7, 11) is 0. The second-order valence-electron chi connectivity index (χ2n) is 5.85. The van der Waals surface area contributed by atoms with Crippen LogP contribution >= 0.6 is 0 Å². The number of ketones is 1. The van der Waals surface area contributed by atoms with Crippen molar-refractivity contribution in [3.8, 4) is 5.75 Å². The molecule has 2 N–H and O–H groups in total. The molecule has 0 bridgehead atoms. The van der Waals surface area contributed by atoms with Crippen LogP contribution in [0, 0.1) is 5.92 Å². The van der Waals surface area contributed by atoms with Gasteiger partial charge in [0.2, 0.25) is 0 Å². The summed E-state index contributed by atoms with van der Waals surface area (Å²) < 4.78 is 6.09. The summed E-state index contributed by atoms with van der Waals surface area (Å²) in [5, 5.41) is 0. The number of hydrogen-bond donors (Lipinski definition) is 1. The summed E-state index contributed by atoms with van der Waals surface area (Å²) in [6, 6.07) is 5.86. The Balaban J connectivity index is 2.41. The zero-order valence-electron chi connectivity index (χ0n) is 12.7. The van der Waals surface area contributed by atoms with Gasteiger partial charge in [-0.25, -0.2) is 0 Å². The maximum atomic E-state index is 11.7. The van der Waals surface area contributed by atoms with Gasteiger partial charge in [0.1, 0.15) is 11.9 Å². The Morgan fingerprint density at radius 2 is 2.15 bits per heavy atom. The van der Waals surface area contributed by atoms with Crippen LogP contribution in [0.2, 0.25) is 0 Å². The molecule has 0 aliphatic carbocycles. The Hall–Kier alpha value is -1.55. The highest BCUT2D eigenvalue weighted by Crippen LogP contribution is 2.37. The zero-order chi connectivity index (χ0) is 14.9. The number of ether oxygens (including phenoxy) is 1. The van der Waals surface area contributed by atoms with Crippen LogP contribution < -0.4 is 15.4 Å². The number of benzene rings is 1. The minimum atomic E-state index is -0.136. The van der Waals surface area contributed by atoms with E-state index in [1.165, 1.54) is 0 Å². The number of carbonyl (C=O) groups is 1. The summed E-state index contributed by atoms with van der Waals surface area (Å²) in [5.74, 6) is 1.40. The smallest absolute Gasteiger partial charge is 0.151 e. The standard InChI is InChI=1S/C16H24N2O2/c1-10(2)16-9-18(11(3)12(4)19)14-6-5-13(8-17)7-15(14)20-16/h5-7,10-11,16H,8-9,17H2,1-4H3. The van der Waals surface area contributed by atoms with E-state index in [-0.39, 0.29) is 17.9 Å². The van der Waals surface area contributed by atoms with Crippen molar-refractivity contribution in [2.24, 2.45) is 11.7 Å². The Morgan fingerprint density at radius 1 is 1.45 bits per heavy atom. The third-order valence-corrected chi connectivity index (χ3v) is 4.02. The second-order valence-corrected chi connectivity index (χ2v) is 5.85. The highest BCUT2D eigenvalue weighted by Gasteiger charge is 2.31. The summed E-state index contributed by atoms with van der Waals surface area (Å²) in [5.41, 5.74) is 7.73. The molecular formula is C16H24N2O2. The largest absolute Gasteiger partial charge is 0.486 e. The molecule has 2 unspecified atom stereocenters. The normalized spacial score (nSPS) is 19.5. The molecule has 0 saturated heterocycles. The molecule has 1 aliphatic rings. The minimum Gasteiger partial charge on any atom is -0.486 e. The van der Waals surface area contributed by atoms with Crippen LogP contribution in [0.3, 0.4) is 0 Å². The van der Waals surface area contributed by atoms with E-state index in [0.29, 0.717) is 12.5 Å². The first-order valence-electron chi connectivity index (χ1n) is 7.20. The van der Waals surface area contributed by atoms with Crippen LogP contribution in [0.5, 0.6) is 5.75 Å². The third kappa shape index (κ3) is 2.80. The first-order valence-corrected chi connectivity index (χ1v) is 7.20. The second kappa shape index (κ2) is 5.83. The minimum absolute atomic E-state index is 0.0947. The average Bonchev–Trinajstić information content (AvgIpc) is 2.44. The zero-order valence-corrected chi connectivity index (χ0v) is 12.7. The topological polar surface area (TPSA) is 55.6 Å². The van der Waals surface area contributed by atoms with Crippen molar-refractivity contribution < 1.29 is 9.53 Å². The lowest BCUT2D eigenvalue weighted by Crippen LogP contribution is -2.49. The van der Waals surface area contributed by atoms with Crippen LogP contribution in [0.1, 0.15) is 33.3 Å². The molecule has 20 heavy (non-hydrogen) atoms. The molecule has 1 aromatic rings. The molecule has 4 heteroatoms. The van der Waals surface area contributed by atoms with Crippen LogP contribution in [-0.2, 0) is 11.3 Å². The van der Waals surface area contributed by atoms with Crippen molar-refractivity contribution in [3.63, 3.8) is 0 Å². The predicted octanol–water partition coefficient (Wildman–Crippen LogP) is 2.35. The monoisotopic (exact) mass is 276 g/mol. The van der Waals surface area contributed by atoms with Crippen molar-refractivity contribution in [1.29, 1.82) is 0 Å². The van der Waals surface area contributed by atoms with E-state index < -0.39 is 0 Å². The highest BCUT2D eigenvalue weighted by atomic mass is 16.5. The van der Waals surface area contributed by atoms with Crippen molar-refractivity contribution >= 4 is 11.5 Å². The van der Waals surface area contributed by atoms with Gasteiger partial charge in [0.25, 0.3) is 0 Å². The molecule has 1 aromatic carbocycles. The molecule has 0 saturated carbocycles. The lowest BCUT2D eigenvalue weighted by Gasteiger charge is -2.40. The lowest BCUT2D eigenvalue weighted by atomic mass is 10.0. The fourth-order valence-corrected chi connectivity index (χ4v) is 2.44. The Labute approximate surface area is 120 Å². The van der Waals surface area contributed by atoms with E-state index in [1.54, 1.807) is 6.92 Å². The van der Waals surface area contributed by atoms with Crippen molar-refractivity contribution in [3.05, 3.63) is 23.8 Å². The predicted molar refractivity (Wildman–Crippen MR) is 81.1 cm³/mol. The Kier molecular flexibility index (Phi) is 4.33. The summed E-state index contributed by atoms with van der Waals surface area (Å²) in [6.07, 6.45) is 0.0947. The van der Waals surface area contributed by atoms with Crippen molar-refractivity contribution in [2.75, 3.05) is 11.4 Å². The number of Topliss-reactive ketones (excluding diaryl/α,β-unsaturated/α-hetero) is 1. The maximum absolute atomic E-state index is 11.7. The molecule has 0 fully saturated rings. The maximum Gasteiger partial charge on any atom is 0.151 e. The van der Waals surface area contributed by atoms with Crippen LogP contribution in [0.4, 0.5) is 5.69 Å². The number of nitrogens with two attached hydrogens (primary N) is 1. The van der Waals surface area contributed by atoms with Crippen LogP contribution in [0.15, 0.2) is 18.2 Å². The molecule has 1 aliphatic heterocycles. The van der Waals surface area contributed by atoms with Gasteiger partial charge in [-0.3, -0.25) is 4.79 Å². The van der Waals surface area contributed by atoms with Crippen LogP contribution in [-0.4, -0.2) is 24.5 Å².